The number of amides is 1. The van der Waals surface area contributed by atoms with Crippen molar-refractivity contribution in [2.75, 3.05) is 19.1 Å². The normalized spacial score (nSPS) is 17.1. The maximum Gasteiger partial charge on any atom is 0.300 e. The summed E-state index contributed by atoms with van der Waals surface area (Å²) in [5.74, 6) is -0.692. The first-order valence-corrected chi connectivity index (χ1v) is 11.3. The molecule has 1 heterocycles. The van der Waals surface area contributed by atoms with Gasteiger partial charge in [-0.3, -0.25) is 14.5 Å². The van der Waals surface area contributed by atoms with Gasteiger partial charge in [0.05, 0.1) is 31.4 Å². The third-order valence-electron chi connectivity index (χ3n) is 6.22. The minimum absolute atomic E-state index is 0.00529. The number of carbonyl (C=O) groups is 2. The molecule has 1 N–H and O–H groups in total. The lowest BCUT2D eigenvalue weighted by molar-refractivity contribution is -0.132. The molecule has 6 heteroatoms. The quantitative estimate of drug-likeness (QED) is 0.299. The summed E-state index contributed by atoms with van der Waals surface area (Å²) in [5.41, 5.74) is 5.24. The zero-order valence-corrected chi connectivity index (χ0v) is 20.8. The first-order chi connectivity index (χ1) is 16.7. The molecule has 0 radical (unpaired) electrons. The Kier molecular flexibility index (Phi) is 6.39. The third-order valence-corrected chi connectivity index (χ3v) is 6.22. The van der Waals surface area contributed by atoms with Gasteiger partial charge in [-0.05, 0) is 85.8 Å². The molecule has 1 unspecified atom stereocenters. The van der Waals surface area contributed by atoms with Crippen LogP contribution in [0.5, 0.6) is 11.5 Å². The Labute approximate surface area is 205 Å². The van der Waals surface area contributed by atoms with E-state index in [1.807, 2.05) is 58.0 Å². The van der Waals surface area contributed by atoms with E-state index in [9.17, 15) is 14.7 Å². The number of methoxy groups -OCH3 is 2. The molecule has 0 aliphatic carbocycles. The zero-order chi connectivity index (χ0) is 25.4. The van der Waals surface area contributed by atoms with Crippen molar-refractivity contribution in [3.8, 4) is 11.5 Å². The standard InChI is InChI=1S/C29H29NO5/c1-16-10-17(2)13-21(12-16)30-25(20-8-7-9-22(15-20)34-5)24(27(32)29(30)33)26(31)23-14-18(3)11-19(4)28(23)35-6/h7-15,25,31H,1-6H3/b26-24+. The summed E-state index contributed by atoms with van der Waals surface area (Å²) < 4.78 is 11.0. The van der Waals surface area contributed by atoms with Crippen molar-refractivity contribution in [2.24, 2.45) is 0 Å². The minimum Gasteiger partial charge on any atom is -0.507 e. The van der Waals surface area contributed by atoms with Gasteiger partial charge in [0, 0.05) is 5.69 Å². The molecule has 0 bridgehead atoms. The van der Waals surface area contributed by atoms with E-state index >= 15 is 0 Å². The number of ether oxygens (including phenoxy) is 2. The molecule has 35 heavy (non-hydrogen) atoms. The van der Waals surface area contributed by atoms with E-state index in [1.165, 1.54) is 12.0 Å². The summed E-state index contributed by atoms with van der Waals surface area (Å²) in [5, 5.41) is 11.6. The van der Waals surface area contributed by atoms with Gasteiger partial charge in [0.15, 0.2) is 0 Å². The number of rotatable bonds is 5. The number of hydrogen-bond acceptors (Lipinski definition) is 5. The van der Waals surface area contributed by atoms with E-state index in [0.29, 0.717) is 28.3 Å². The van der Waals surface area contributed by atoms with Crippen molar-refractivity contribution in [3.63, 3.8) is 0 Å². The van der Waals surface area contributed by atoms with Crippen LogP contribution < -0.4 is 14.4 Å². The molecule has 1 amide bonds. The lowest BCUT2D eigenvalue weighted by atomic mass is 9.93. The Bertz CT molecular complexity index is 1350. The molecule has 0 aromatic heterocycles. The van der Waals surface area contributed by atoms with Gasteiger partial charge < -0.3 is 14.6 Å². The molecule has 4 rings (SSSR count). The van der Waals surface area contributed by atoms with Crippen LogP contribution in [0.2, 0.25) is 0 Å². The Morgan fingerprint density at radius 1 is 0.857 bits per heavy atom. The molecule has 0 spiro atoms. The van der Waals surface area contributed by atoms with Crippen molar-refractivity contribution in [3.05, 3.63) is 93.6 Å². The zero-order valence-electron chi connectivity index (χ0n) is 20.8. The number of hydrogen-bond donors (Lipinski definition) is 1. The highest BCUT2D eigenvalue weighted by atomic mass is 16.5. The van der Waals surface area contributed by atoms with Crippen LogP contribution in [0.4, 0.5) is 5.69 Å². The number of benzene rings is 3. The van der Waals surface area contributed by atoms with Gasteiger partial charge in [-0.15, -0.1) is 0 Å². The molecule has 1 saturated heterocycles. The minimum atomic E-state index is -0.850. The van der Waals surface area contributed by atoms with E-state index in [4.69, 9.17) is 9.47 Å². The van der Waals surface area contributed by atoms with Crippen molar-refractivity contribution in [1.29, 1.82) is 0 Å². The second-order valence-electron chi connectivity index (χ2n) is 8.95. The van der Waals surface area contributed by atoms with Crippen molar-refractivity contribution >= 4 is 23.1 Å². The number of aryl methyl sites for hydroxylation is 4. The number of carbonyl (C=O) groups excluding carboxylic acids is 2. The number of Topliss-reactive ketones (excluding diaryl/α,β-unsaturated/α-hetero) is 1. The topological polar surface area (TPSA) is 76.1 Å². The molecule has 6 nitrogen and oxygen atoms in total. The number of anilines is 1. The Balaban J connectivity index is 2.04. The summed E-state index contributed by atoms with van der Waals surface area (Å²) in [6, 6.07) is 15.8. The maximum atomic E-state index is 13.5. The van der Waals surface area contributed by atoms with Gasteiger partial charge in [0.1, 0.15) is 17.3 Å². The van der Waals surface area contributed by atoms with Gasteiger partial charge in [-0.25, -0.2) is 0 Å². The summed E-state index contributed by atoms with van der Waals surface area (Å²) >= 11 is 0. The fourth-order valence-electron chi connectivity index (χ4n) is 4.86. The van der Waals surface area contributed by atoms with Crippen LogP contribution in [0.25, 0.3) is 5.76 Å². The highest BCUT2D eigenvalue weighted by molar-refractivity contribution is 6.51. The summed E-state index contributed by atoms with van der Waals surface area (Å²) in [6.07, 6.45) is 0. The van der Waals surface area contributed by atoms with Gasteiger partial charge in [-0.1, -0.05) is 24.3 Å². The van der Waals surface area contributed by atoms with Crippen molar-refractivity contribution < 1.29 is 24.2 Å². The largest absolute Gasteiger partial charge is 0.507 e. The van der Waals surface area contributed by atoms with Gasteiger partial charge >= 0.3 is 0 Å². The van der Waals surface area contributed by atoms with Crippen LogP contribution in [0.1, 0.15) is 39.4 Å². The lowest BCUT2D eigenvalue weighted by Crippen LogP contribution is -2.29. The molecule has 1 atom stereocenters. The Morgan fingerprint density at radius 3 is 2.14 bits per heavy atom. The van der Waals surface area contributed by atoms with Crippen LogP contribution in [-0.4, -0.2) is 31.0 Å². The number of aliphatic hydroxyl groups excluding tert-OH is 1. The molecule has 1 aliphatic heterocycles. The van der Waals surface area contributed by atoms with E-state index in [0.717, 1.165) is 22.3 Å². The van der Waals surface area contributed by atoms with Gasteiger partial charge in [-0.2, -0.15) is 0 Å². The van der Waals surface area contributed by atoms with Crippen LogP contribution >= 0.6 is 0 Å². The van der Waals surface area contributed by atoms with Gasteiger partial charge in [0.25, 0.3) is 11.7 Å². The molecular weight excluding hydrogens is 442 g/mol. The van der Waals surface area contributed by atoms with E-state index in [1.54, 1.807) is 31.4 Å². The monoisotopic (exact) mass is 471 g/mol. The molecule has 180 valence electrons. The van der Waals surface area contributed by atoms with Crippen LogP contribution in [0, 0.1) is 27.7 Å². The molecule has 1 aliphatic rings. The predicted octanol–water partition coefficient (Wildman–Crippen LogP) is 5.56. The highest BCUT2D eigenvalue weighted by Gasteiger charge is 2.47. The average Bonchev–Trinajstić information content (AvgIpc) is 3.08. The summed E-state index contributed by atoms with van der Waals surface area (Å²) in [6.45, 7) is 7.65. The number of aliphatic hydroxyl groups is 1. The van der Waals surface area contributed by atoms with Crippen LogP contribution in [-0.2, 0) is 9.59 Å². The Hall–Kier alpha value is -4.06. The summed E-state index contributed by atoms with van der Waals surface area (Å²) in [7, 11) is 3.07. The van der Waals surface area contributed by atoms with E-state index in [2.05, 4.69) is 0 Å². The predicted molar refractivity (Wildman–Crippen MR) is 136 cm³/mol. The fraction of sp³-hybridized carbons (Fsp3) is 0.241. The van der Waals surface area contributed by atoms with E-state index in [-0.39, 0.29) is 11.3 Å². The van der Waals surface area contributed by atoms with Crippen LogP contribution in [0.15, 0.2) is 60.2 Å². The highest BCUT2D eigenvalue weighted by Crippen LogP contribution is 2.44. The van der Waals surface area contributed by atoms with Crippen molar-refractivity contribution in [2.45, 2.75) is 33.7 Å². The second kappa shape index (κ2) is 9.29. The SMILES string of the molecule is COc1cccc(C2/C(=C(\O)c3cc(C)cc(C)c3OC)C(=O)C(=O)N2c2cc(C)cc(C)c2)c1. The van der Waals surface area contributed by atoms with Gasteiger partial charge in [0.2, 0.25) is 0 Å². The molecule has 3 aromatic carbocycles. The maximum absolute atomic E-state index is 13.5. The molecular formula is C29H29NO5. The van der Waals surface area contributed by atoms with Crippen molar-refractivity contribution in [1.82, 2.24) is 0 Å². The third kappa shape index (κ3) is 4.28. The number of ketones is 1. The molecule has 3 aromatic rings. The number of nitrogens with zero attached hydrogens (tertiary/aromatic N) is 1. The molecule has 1 fully saturated rings. The smallest absolute Gasteiger partial charge is 0.300 e. The lowest BCUT2D eigenvalue weighted by Gasteiger charge is -2.26. The van der Waals surface area contributed by atoms with E-state index < -0.39 is 17.7 Å². The summed E-state index contributed by atoms with van der Waals surface area (Å²) in [4.78, 5) is 28.4. The Morgan fingerprint density at radius 2 is 1.51 bits per heavy atom. The molecule has 0 saturated carbocycles. The van der Waals surface area contributed by atoms with Crippen LogP contribution in [0.3, 0.4) is 0 Å². The second-order valence-corrected chi connectivity index (χ2v) is 8.95. The first-order valence-electron chi connectivity index (χ1n) is 11.3. The first kappa shape index (κ1) is 24.1. The average molecular weight is 472 g/mol. The fourth-order valence-corrected chi connectivity index (χ4v) is 4.86.